The van der Waals surface area contributed by atoms with Crippen molar-refractivity contribution in [3.8, 4) is 0 Å². The third-order valence-electron chi connectivity index (χ3n) is 4.47. The molecule has 0 unspecified atom stereocenters. The highest BCUT2D eigenvalue weighted by Gasteiger charge is 2.20. The number of nitrogens with zero attached hydrogens (tertiary/aromatic N) is 6. The summed E-state index contributed by atoms with van der Waals surface area (Å²) in [5.74, 6) is 3.05. The molecule has 3 rings (SSSR count). The van der Waals surface area contributed by atoms with Crippen molar-refractivity contribution < 1.29 is 0 Å². The molecule has 0 spiro atoms. The Morgan fingerprint density at radius 3 is 1.48 bits per heavy atom. The third kappa shape index (κ3) is 3.44. The maximum Gasteiger partial charge on any atom is 0.134 e. The van der Waals surface area contributed by atoms with E-state index < -0.39 is 0 Å². The van der Waals surface area contributed by atoms with Gasteiger partial charge in [0, 0.05) is 58.4 Å². The van der Waals surface area contributed by atoms with Gasteiger partial charge in [0.05, 0.1) is 0 Å². The molecule has 21 heavy (non-hydrogen) atoms. The molecule has 116 valence electrons. The molecular formula is C15H26N6. The minimum atomic E-state index is 0.875. The van der Waals surface area contributed by atoms with E-state index in [1.165, 1.54) is 0 Å². The van der Waals surface area contributed by atoms with Crippen LogP contribution in [0.5, 0.6) is 0 Å². The summed E-state index contributed by atoms with van der Waals surface area (Å²) in [5.41, 5.74) is 0. The first-order chi connectivity index (χ1) is 10.1. The molecular weight excluding hydrogens is 264 g/mol. The molecule has 2 aliphatic rings. The molecule has 1 aromatic rings. The largest absolute Gasteiger partial charge is 0.354 e. The molecule has 0 bridgehead atoms. The lowest BCUT2D eigenvalue weighted by atomic mass is 10.3. The van der Waals surface area contributed by atoms with Gasteiger partial charge in [-0.05, 0) is 21.0 Å². The second-order valence-electron chi connectivity index (χ2n) is 6.21. The van der Waals surface area contributed by atoms with Gasteiger partial charge < -0.3 is 19.6 Å². The van der Waals surface area contributed by atoms with Crippen LogP contribution in [0.2, 0.25) is 0 Å². The van der Waals surface area contributed by atoms with Gasteiger partial charge in [-0.25, -0.2) is 9.97 Å². The number of hydrogen-bond donors (Lipinski definition) is 0. The van der Waals surface area contributed by atoms with Crippen LogP contribution in [0, 0.1) is 6.92 Å². The number of rotatable bonds is 2. The fraction of sp³-hybridized carbons (Fsp3) is 0.733. The Morgan fingerprint density at radius 2 is 1.10 bits per heavy atom. The highest BCUT2D eigenvalue weighted by atomic mass is 15.3. The van der Waals surface area contributed by atoms with Crippen molar-refractivity contribution in [3.63, 3.8) is 0 Å². The molecule has 2 saturated heterocycles. The van der Waals surface area contributed by atoms with E-state index in [0.717, 1.165) is 69.8 Å². The minimum Gasteiger partial charge on any atom is -0.354 e. The monoisotopic (exact) mass is 290 g/mol. The van der Waals surface area contributed by atoms with Crippen molar-refractivity contribution in [2.75, 3.05) is 76.3 Å². The second-order valence-corrected chi connectivity index (χ2v) is 6.21. The molecule has 0 amide bonds. The number of anilines is 2. The second kappa shape index (κ2) is 6.15. The molecule has 0 N–H and O–H groups in total. The van der Waals surface area contributed by atoms with Gasteiger partial charge in [-0.3, -0.25) is 0 Å². The predicted octanol–water partition coefficient (Wildman–Crippen LogP) is 0.289. The first kappa shape index (κ1) is 14.5. The van der Waals surface area contributed by atoms with Gasteiger partial charge >= 0.3 is 0 Å². The molecule has 6 nitrogen and oxygen atoms in total. The average Bonchev–Trinajstić information content (AvgIpc) is 2.48. The molecule has 1 aromatic heterocycles. The van der Waals surface area contributed by atoms with Crippen molar-refractivity contribution in [2.45, 2.75) is 6.92 Å². The lowest BCUT2D eigenvalue weighted by molar-refractivity contribution is 0.310. The zero-order valence-electron chi connectivity index (χ0n) is 13.4. The van der Waals surface area contributed by atoms with Crippen LogP contribution < -0.4 is 9.80 Å². The minimum absolute atomic E-state index is 0.875. The van der Waals surface area contributed by atoms with E-state index in [4.69, 9.17) is 0 Å². The SMILES string of the molecule is Cc1nc(N2CCN(C)CC2)cc(N2CCN(C)CC2)n1. The van der Waals surface area contributed by atoms with Crippen molar-refractivity contribution in [1.82, 2.24) is 19.8 Å². The zero-order valence-corrected chi connectivity index (χ0v) is 13.4. The lowest BCUT2D eigenvalue weighted by Gasteiger charge is -2.35. The van der Waals surface area contributed by atoms with E-state index in [0.29, 0.717) is 0 Å². The molecule has 3 heterocycles. The lowest BCUT2D eigenvalue weighted by Crippen LogP contribution is -2.46. The van der Waals surface area contributed by atoms with E-state index in [2.05, 4.69) is 49.7 Å². The van der Waals surface area contributed by atoms with Gasteiger partial charge in [-0.1, -0.05) is 0 Å². The summed E-state index contributed by atoms with van der Waals surface area (Å²) in [6.07, 6.45) is 0. The van der Waals surface area contributed by atoms with Crippen LogP contribution in [0.15, 0.2) is 6.07 Å². The van der Waals surface area contributed by atoms with Crippen LogP contribution in [0.1, 0.15) is 5.82 Å². The number of piperazine rings is 2. The van der Waals surface area contributed by atoms with E-state index >= 15 is 0 Å². The summed E-state index contributed by atoms with van der Waals surface area (Å²) >= 11 is 0. The Balaban J connectivity index is 1.76. The van der Waals surface area contributed by atoms with Crippen LogP contribution in [-0.4, -0.2) is 86.2 Å². The van der Waals surface area contributed by atoms with Gasteiger partial charge in [0.15, 0.2) is 0 Å². The molecule has 0 saturated carbocycles. The number of hydrogen-bond acceptors (Lipinski definition) is 6. The topological polar surface area (TPSA) is 38.7 Å². The standard InChI is InChI=1S/C15H26N6/c1-13-16-14(20-8-4-18(2)5-9-20)12-15(17-13)21-10-6-19(3)7-11-21/h12H,4-11H2,1-3H3. The van der Waals surface area contributed by atoms with Gasteiger partial charge in [-0.15, -0.1) is 0 Å². The predicted molar refractivity (Wildman–Crippen MR) is 86.2 cm³/mol. The number of aryl methyl sites for hydroxylation is 1. The molecule has 6 heteroatoms. The van der Waals surface area contributed by atoms with Crippen molar-refractivity contribution in [1.29, 1.82) is 0 Å². The Labute approximate surface area is 127 Å². The first-order valence-electron chi connectivity index (χ1n) is 7.84. The fourth-order valence-electron chi connectivity index (χ4n) is 2.93. The van der Waals surface area contributed by atoms with Crippen LogP contribution in [0.25, 0.3) is 0 Å². The molecule has 0 atom stereocenters. The highest BCUT2D eigenvalue weighted by Crippen LogP contribution is 2.21. The number of aromatic nitrogens is 2. The molecule has 0 aromatic carbocycles. The van der Waals surface area contributed by atoms with Gasteiger partial charge in [0.25, 0.3) is 0 Å². The van der Waals surface area contributed by atoms with Crippen LogP contribution in [0.3, 0.4) is 0 Å². The van der Waals surface area contributed by atoms with Crippen LogP contribution in [0.4, 0.5) is 11.6 Å². The highest BCUT2D eigenvalue weighted by molar-refractivity contribution is 5.51. The molecule has 0 radical (unpaired) electrons. The quantitative estimate of drug-likeness (QED) is 0.779. The summed E-state index contributed by atoms with van der Waals surface area (Å²) in [6, 6.07) is 2.17. The summed E-state index contributed by atoms with van der Waals surface area (Å²) in [7, 11) is 4.36. The molecule has 0 aliphatic carbocycles. The third-order valence-corrected chi connectivity index (χ3v) is 4.47. The van der Waals surface area contributed by atoms with E-state index in [-0.39, 0.29) is 0 Å². The smallest absolute Gasteiger partial charge is 0.134 e. The fourth-order valence-corrected chi connectivity index (χ4v) is 2.93. The maximum atomic E-state index is 4.65. The van der Waals surface area contributed by atoms with Crippen molar-refractivity contribution in [2.24, 2.45) is 0 Å². The Morgan fingerprint density at radius 1 is 0.714 bits per heavy atom. The van der Waals surface area contributed by atoms with Crippen molar-refractivity contribution >= 4 is 11.6 Å². The maximum absolute atomic E-state index is 4.65. The average molecular weight is 290 g/mol. The summed E-state index contributed by atoms with van der Waals surface area (Å²) in [4.78, 5) is 18.8. The summed E-state index contributed by atoms with van der Waals surface area (Å²) < 4.78 is 0. The zero-order chi connectivity index (χ0) is 14.8. The normalized spacial score (nSPS) is 21.9. The van der Waals surface area contributed by atoms with Crippen molar-refractivity contribution in [3.05, 3.63) is 11.9 Å². The van der Waals surface area contributed by atoms with E-state index in [9.17, 15) is 0 Å². The number of likely N-dealkylation sites (N-methyl/N-ethyl adjacent to an activating group) is 2. The van der Waals surface area contributed by atoms with Gasteiger partial charge in [0.2, 0.25) is 0 Å². The van der Waals surface area contributed by atoms with E-state index in [1.54, 1.807) is 0 Å². The molecule has 2 fully saturated rings. The Bertz CT molecular complexity index is 435. The van der Waals surface area contributed by atoms with E-state index in [1.807, 2.05) is 6.92 Å². The molecule has 2 aliphatic heterocycles. The van der Waals surface area contributed by atoms with Crippen LogP contribution >= 0.6 is 0 Å². The van der Waals surface area contributed by atoms with Crippen LogP contribution in [-0.2, 0) is 0 Å². The van der Waals surface area contributed by atoms with Gasteiger partial charge in [-0.2, -0.15) is 0 Å². The van der Waals surface area contributed by atoms with Gasteiger partial charge in [0.1, 0.15) is 17.5 Å². The summed E-state index contributed by atoms with van der Waals surface area (Å²) in [5, 5.41) is 0. The summed E-state index contributed by atoms with van der Waals surface area (Å²) in [6.45, 7) is 10.6. The first-order valence-corrected chi connectivity index (χ1v) is 7.84. The Kier molecular flexibility index (Phi) is 4.26. The Hall–Kier alpha value is -1.40.